The summed E-state index contributed by atoms with van der Waals surface area (Å²) in [4.78, 5) is 11.8. The van der Waals surface area contributed by atoms with E-state index in [1.54, 1.807) is 6.07 Å². The zero-order valence-corrected chi connectivity index (χ0v) is 11.2. The monoisotopic (exact) mass is 274 g/mol. The lowest BCUT2D eigenvalue weighted by atomic mass is 10.1. The van der Waals surface area contributed by atoms with Crippen LogP contribution in [0.5, 0.6) is 0 Å². The Hall–Kier alpha value is -1.10. The Morgan fingerprint density at radius 2 is 2.17 bits per heavy atom. The fourth-order valence-corrected chi connectivity index (χ4v) is 2.42. The number of hydrogen-bond acceptors (Lipinski definition) is 3. The van der Waals surface area contributed by atoms with Crippen LogP contribution in [0.2, 0.25) is 0 Å². The van der Waals surface area contributed by atoms with Gasteiger partial charge in [-0.05, 0) is 24.3 Å². The van der Waals surface area contributed by atoms with Crippen LogP contribution < -0.4 is 0 Å². The molecule has 0 unspecified atom stereocenters. The van der Waals surface area contributed by atoms with Gasteiger partial charge in [0.1, 0.15) is 0 Å². The summed E-state index contributed by atoms with van der Waals surface area (Å²) in [5.41, 5.74) is -0.323. The quantitative estimate of drug-likeness (QED) is 0.448. The molecule has 2 nitrogen and oxygen atoms in total. The van der Waals surface area contributed by atoms with Crippen LogP contribution in [0.4, 0.5) is 8.78 Å². The van der Waals surface area contributed by atoms with E-state index >= 15 is 0 Å². The molecule has 0 radical (unpaired) electrons. The molecule has 0 aliphatic carbocycles. The largest absolute Gasteiger partial charge is 0.464 e. The smallest absolute Gasteiger partial charge is 0.381 e. The molecule has 5 heteroatoms. The Bertz CT molecular complexity index is 408. The van der Waals surface area contributed by atoms with Gasteiger partial charge in [0.2, 0.25) is 0 Å². The molecule has 0 saturated heterocycles. The molecule has 0 fully saturated rings. The van der Waals surface area contributed by atoms with Gasteiger partial charge in [0.15, 0.2) is 0 Å². The number of rotatable bonds is 6. The number of thioether (sulfide) groups is 1. The molecule has 100 valence electrons. The second-order valence-corrected chi connectivity index (χ2v) is 4.96. The molecule has 0 N–H and O–H groups in total. The maximum absolute atomic E-state index is 13.6. The third-order valence-corrected chi connectivity index (χ3v) is 3.49. The van der Waals surface area contributed by atoms with E-state index in [0.717, 1.165) is 30.6 Å². The number of alkyl halides is 2. The fourth-order valence-electron chi connectivity index (χ4n) is 1.36. The van der Waals surface area contributed by atoms with E-state index in [0.29, 0.717) is 0 Å². The van der Waals surface area contributed by atoms with Gasteiger partial charge in [-0.25, -0.2) is 4.79 Å². The predicted molar refractivity (Wildman–Crippen MR) is 68.0 cm³/mol. The van der Waals surface area contributed by atoms with Crippen LogP contribution in [0, 0.1) is 0 Å². The molecule has 1 aromatic rings. The number of ether oxygens (including phenoxy) is 1. The minimum Gasteiger partial charge on any atom is -0.464 e. The van der Waals surface area contributed by atoms with Gasteiger partial charge < -0.3 is 4.74 Å². The van der Waals surface area contributed by atoms with Crippen LogP contribution in [0.1, 0.15) is 25.3 Å². The highest BCUT2D eigenvalue weighted by Gasteiger charge is 2.42. The van der Waals surface area contributed by atoms with Crippen molar-refractivity contribution in [3.63, 3.8) is 0 Å². The lowest BCUT2D eigenvalue weighted by molar-refractivity contribution is -0.170. The van der Waals surface area contributed by atoms with Gasteiger partial charge in [-0.15, -0.1) is 11.8 Å². The standard InChI is InChI=1S/C13H16F2O2S/c1-3-4-8-18-11-7-5-6-10(9-11)13(14,15)12(16)17-2/h5-7,9H,3-4,8H2,1-2H3. The van der Waals surface area contributed by atoms with Crippen LogP contribution in [0.3, 0.4) is 0 Å². The minimum atomic E-state index is -3.59. The molecule has 0 aromatic heterocycles. The number of carbonyl (C=O) groups is 1. The molecule has 0 spiro atoms. The lowest BCUT2D eigenvalue weighted by Crippen LogP contribution is -2.27. The number of halogens is 2. The summed E-state index contributed by atoms with van der Waals surface area (Å²) in [6, 6.07) is 5.87. The normalized spacial score (nSPS) is 11.3. The van der Waals surface area contributed by atoms with E-state index in [1.165, 1.54) is 30.0 Å². The van der Waals surface area contributed by atoms with Crippen LogP contribution in [0.15, 0.2) is 29.2 Å². The molecule has 0 aliphatic rings. The Kier molecular flexibility index (Phi) is 5.59. The van der Waals surface area contributed by atoms with E-state index < -0.39 is 11.9 Å². The highest BCUT2D eigenvalue weighted by molar-refractivity contribution is 7.99. The molecule has 0 heterocycles. The first-order valence-corrected chi connectivity index (χ1v) is 6.70. The van der Waals surface area contributed by atoms with E-state index in [9.17, 15) is 13.6 Å². The Labute approximate surface area is 110 Å². The van der Waals surface area contributed by atoms with Crippen molar-refractivity contribution in [2.45, 2.75) is 30.6 Å². The average molecular weight is 274 g/mol. The first-order valence-electron chi connectivity index (χ1n) is 5.72. The van der Waals surface area contributed by atoms with Crippen molar-refractivity contribution in [1.29, 1.82) is 0 Å². The van der Waals surface area contributed by atoms with E-state index in [2.05, 4.69) is 11.7 Å². The van der Waals surface area contributed by atoms with E-state index in [4.69, 9.17) is 0 Å². The van der Waals surface area contributed by atoms with Gasteiger partial charge in [0.05, 0.1) is 7.11 Å². The third kappa shape index (κ3) is 3.70. The zero-order valence-electron chi connectivity index (χ0n) is 10.4. The molecule has 1 rings (SSSR count). The van der Waals surface area contributed by atoms with Gasteiger partial charge in [-0.2, -0.15) is 8.78 Å². The van der Waals surface area contributed by atoms with Gasteiger partial charge in [-0.1, -0.05) is 25.5 Å². The number of hydrogen-bond donors (Lipinski definition) is 0. The van der Waals surface area contributed by atoms with E-state index in [-0.39, 0.29) is 5.56 Å². The second kappa shape index (κ2) is 6.73. The summed E-state index contributed by atoms with van der Waals surface area (Å²) < 4.78 is 31.4. The fraction of sp³-hybridized carbons (Fsp3) is 0.462. The van der Waals surface area contributed by atoms with Crippen molar-refractivity contribution in [1.82, 2.24) is 0 Å². The van der Waals surface area contributed by atoms with Crippen LogP contribution >= 0.6 is 11.8 Å². The van der Waals surface area contributed by atoms with Gasteiger partial charge in [0, 0.05) is 10.5 Å². The van der Waals surface area contributed by atoms with Crippen LogP contribution in [-0.4, -0.2) is 18.8 Å². The maximum Gasteiger partial charge on any atom is 0.381 e. The first-order chi connectivity index (χ1) is 8.52. The maximum atomic E-state index is 13.6. The van der Waals surface area contributed by atoms with Crippen molar-refractivity contribution in [3.8, 4) is 0 Å². The SMILES string of the molecule is CCCCSc1cccc(C(F)(F)C(=O)OC)c1. The van der Waals surface area contributed by atoms with Crippen molar-refractivity contribution in [3.05, 3.63) is 29.8 Å². The molecule has 0 bridgehead atoms. The summed E-state index contributed by atoms with van der Waals surface area (Å²) in [6.45, 7) is 2.07. The molecule has 1 aromatic carbocycles. The van der Waals surface area contributed by atoms with Crippen LogP contribution in [-0.2, 0) is 15.5 Å². The molecule has 18 heavy (non-hydrogen) atoms. The van der Waals surface area contributed by atoms with Crippen molar-refractivity contribution >= 4 is 17.7 Å². The number of esters is 1. The van der Waals surface area contributed by atoms with Crippen molar-refractivity contribution in [2.75, 3.05) is 12.9 Å². The summed E-state index contributed by atoms with van der Waals surface area (Å²) in [5.74, 6) is -4.24. The summed E-state index contributed by atoms with van der Waals surface area (Å²) in [5, 5.41) is 0. The Morgan fingerprint density at radius 3 is 2.78 bits per heavy atom. The molecule has 0 amide bonds. The summed E-state index contributed by atoms with van der Waals surface area (Å²) in [6.07, 6.45) is 2.09. The van der Waals surface area contributed by atoms with Crippen LogP contribution in [0.25, 0.3) is 0 Å². The topological polar surface area (TPSA) is 26.3 Å². The molecule has 0 aliphatic heterocycles. The van der Waals surface area contributed by atoms with Crippen molar-refractivity contribution < 1.29 is 18.3 Å². The molecular weight excluding hydrogens is 258 g/mol. The van der Waals surface area contributed by atoms with Gasteiger partial charge in [0.25, 0.3) is 0 Å². The third-order valence-electron chi connectivity index (χ3n) is 2.40. The number of unbranched alkanes of at least 4 members (excludes halogenated alkanes) is 1. The first kappa shape index (κ1) is 15.0. The van der Waals surface area contributed by atoms with Gasteiger partial charge in [-0.3, -0.25) is 0 Å². The van der Waals surface area contributed by atoms with E-state index in [1.807, 2.05) is 0 Å². The number of methoxy groups -OCH3 is 1. The molecule has 0 atom stereocenters. The zero-order chi connectivity index (χ0) is 13.6. The average Bonchev–Trinajstić information content (AvgIpc) is 2.38. The highest BCUT2D eigenvalue weighted by atomic mass is 32.2. The highest BCUT2D eigenvalue weighted by Crippen LogP contribution is 2.32. The Balaban J connectivity index is 2.84. The predicted octanol–water partition coefficient (Wildman–Crippen LogP) is 3.84. The number of carbonyl (C=O) groups excluding carboxylic acids is 1. The molecule has 0 saturated carbocycles. The number of benzene rings is 1. The summed E-state index contributed by atoms with van der Waals surface area (Å²) >= 11 is 1.51. The second-order valence-electron chi connectivity index (χ2n) is 3.80. The van der Waals surface area contributed by atoms with Gasteiger partial charge >= 0.3 is 11.9 Å². The van der Waals surface area contributed by atoms with Crippen molar-refractivity contribution in [2.24, 2.45) is 0 Å². The minimum absolute atomic E-state index is 0.323. The summed E-state index contributed by atoms with van der Waals surface area (Å²) in [7, 11) is 0.954. The lowest BCUT2D eigenvalue weighted by Gasteiger charge is -2.14. The molecular formula is C13H16F2O2S. The Morgan fingerprint density at radius 1 is 1.44 bits per heavy atom.